The summed E-state index contributed by atoms with van der Waals surface area (Å²) in [6, 6.07) is 0.0369. The second-order valence-electron chi connectivity index (χ2n) is 7.63. The van der Waals surface area contributed by atoms with Crippen LogP contribution in [-0.4, -0.2) is 52.5 Å². The number of carbonyl (C=O) groups is 2. The van der Waals surface area contributed by atoms with Gasteiger partial charge in [0.25, 0.3) is 6.47 Å². The molecule has 1 amide bonds. The third kappa shape index (κ3) is 7.64. The minimum absolute atomic E-state index is 0.0369. The minimum Gasteiger partial charge on any atom is -0.462 e. The maximum atomic E-state index is 11.8. The first-order valence-corrected chi connectivity index (χ1v) is 7.57. The van der Waals surface area contributed by atoms with E-state index in [4.69, 9.17) is 4.74 Å². The van der Waals surface area contributed by atoms with Gasteiger partial charge in [0.2, 0.25) is 0 Å². The normalized spacial score (nSPS) is 25.1. The molecule has 0 aromatic carbocycles. The van der Waals surface area contributed by atoms with E-state index in [1.54, 1.807) is 4.90 Å². The molecule has 0 aromatic rings. The van der Waals surface area contributed by atoms with Gasteiger partial charge in [-0.2, -0.15) is 0 Å². The zero-order valence-electron chi connectivity index (χ0n) is 15.0. The lowest BCUT2D eigenvalue weighted by Crippen LogP contribution is -2.39. The second-order valence-corrected chi connectivity index (χ2v) is 7.63. The zero-order chi connectivity index (χ0) is 17.7. The highest BCUT2D eigenvalue weighted by Crippen LogP contribution is 2.25. The summed E-state index contributed by atoms with van der Waals surface area (Å²) in [5, 5.41) is 9.64. The molecular formula is C16H31NO5. The molecule has 0 saturated carbocycles. The molecular weight excluding hydrogens is 286 g/mol. The first-order valence-electron chi connectivity index (χ1n) is 7.57. The van der Waals surface area contributed by atoms with Crippen LogP contribution in [0.4, 0.5) is 4.79 Å². The topological polar surface area (TPSA) is 76.1 Å². The summed E-state index contributed by atoms with van der Waals surface area (Å²) in [6.45, 7) is 15.7. The van der Waals surface area contributed by atoms with Crippen LogP contribution in [0.15, 0.2) is 0 Å². The van der Waals surface area contributed by atoms with Crippen molar-refractivity contribution in [3.05, 3.63) is 0 Å². The van der Waals surface area contributed by atoms with Gasteiger partial charge in [-0.3, -0.25) is 4.79 Å². The lowest BCUT2D eigenvalue weighted by Gasteiger charge is -2.27. The zero-order valence-corrected chi connectivity index (χ0v) is 15.0. The number of carbonyl (C=O) groups excluding carboxylic acids is 2. The smallest absolute Gasteiger partial charge is 0.410 e. The van der Waals surface area contributed by atoms with Gasteiger partial charge in [0.1, 0.15) is 11.2 Å². The monoisotopic (exact) mass is 317 g/mol. The molecule has 1 heterocycles. The fourth-order valence-electron chi connectivity index (χ4n) is 1.85. The van der Waals surface area contributed by atoms with Crippen molar-refractivity contribution in [3.8, 4) is 0 Å². The molecule has 1 aliphatic rings. The number of amides is 1. The molecule has 0 aromatic heterocycles. The Hall–Kier alpha value is -1.30. The largest absolute Gasteiger partial charge is 0.462 e. The molecule has 130 valence electrons. The van der Waals surface area contributed by atoms with Gasteiger partial charge in [-0.15, -0.1) is 0 Å². The van der Waals surface area contributed by atoms with Crippen molar-refractivity contribution < 1.29 is 24.2 Å². The van der Waals surface area contributed by atoms with Crippen molar-refractivity contribution in [2.75, 3.05) is 6.54 Å². The summed E-state index contributed by atoms with van der Waals surface area (Å²) in [6.07, 6.45) is -0.772. The van der Waals surface area contributed by atoms with Crippen LogP contribution >= 0.6 is 0 Å². The highest BCUT2D eigenvalue weighted by molar-refractivity contribution is 5.69. The maximum Gasteiger partial charge on any atom is 0.410 e. The SMILES string of the molecule is CC(C)(C)OC=O.CC1C(O)CN(C(=O)OC(C)(C)C)C1C. The maximum absolute atomic E-state index is 11.8. The first kappa shape index (κ1) is 20.7. The summed E-state index contributed by atoms with van der Waals surface area (Å²) in [5.41, 5.74) is -0.796. The Morgan fingerprint density at radius 2 is 1.64 bits per heavy atom. The van der Waals surface area contributed by atoms with Gasteiger partial charge in [0.15, 0.2) is 0 Å². The van der Waals surface area contributed by atoms with E-state index in [9.17, 15) is 14.7 Å². The Bertz CT molecular complexity index is 370. The van der Waals surface area contributed by atoms with E-state index in [2.05, 4.69) is 4.74 Å². The fourth-order valence-corrected chi connectivity index (χ4v) is 1.85. The number of aliphatic hydroxyl groups is 1. The highest BCUT2D eigenvalue weighted by atomic mass is 16.6. The van der Waals surface area contributed by atoms with E-state index in [1.807, 2.05) is 55.4 Å². The first-order chi connectivity index (χ1) is 9.78. The summed E-state index contributed by atoms with van der Waals surface area (Å²) in [7, 11) is 0. The minimum atomic E-state index is -0.479. The Morgan fingerprint density at radius 1 is 1.14 bits per heavy atom. The van der Waals surface area contributed by atoms with Crippen LogP contribution in [0.3, 0.4) is 0 Å². The molecule has 6 heteroatoms. The molecule has 0 radical (unpaired) electrons. The molecule has 1 N–H and O–H groups in total. The molecule has 6 nitrogen and oxygen atoms in total. The van der Waals surface area contributed by atoms with Gasteiger partial charge in [-0.25, -0.2) is 4.79 Å². The third-order valence-electron chi connectivity index (χ3n) is 3.27. The predicted molar refractivity (Wildman–Crippen MR) is 84.5 cm³/mol. The van der Waals surface area contributed by atoms with Crippen LogP contribution in [0.2, 0.25) is 0 Å². The molecule has 3 atom stereocenters. The predicted octanol–water partition coefficient (Wildman–Crippen LogP) is 2.58. The Kier molecular flexibility index (Phi) is 7.35. The highest BCUT2D eigenvalue weighted by Gasteiger charge is 2.39. The second kappa shape index (κ2) is 7.81. The van der Waals surface area contributed by atoms with E-state index < -0.39 is 11.7 Å². The fraction of sp³-hybridized carbons (Fsp3) is 0.875. The van der Waals surface area contributed by atoms with E-state index in [1.165, 1.54) is 0 Å². The van der Waals surface area contributed by atoms with Gasteiger partial charge >= 0.3 is 6.09 Å². The van der Waals surface area contributed by atoms with Crippen molar-refractivity contribution in [3.63, 3.8) is 0 Å². The van der Waals surface area contributed by atoms with Crippen molar-refractivity contribution in [1.29, 1.82) is 0 Å². The summed E-state index contributed by atoms with van der Waals surface area (Å²) < 4.78 is 9.81. The number of hydrogen-bond acceptors (Lipinski definition) is 5. The van der Waals surface area contributed by atoms with Crippen LogP contribution in [0, 0.1) is 5.92 Å². The van der Waals surface area contributed by atoms with Gasteiger partial charge in [-0.05, 0) is 48.5 Å². The van der Waals surface area contributed by atoms with Gasteiger partial charge in [0, 0.05) is 12.0 Å². The molecule has 3 unspecified atom stereocenters. The Labute approximate surface area is 133 Å². The number of likely N-dealkylation sites (tertiary alicyclic amines) is 1. The van der Waals surface area contributed by atoms with Crippen LogP contribution in [0.25, 0.3) is 0 Å². The number of β-amino-alcohol motifs (C(OH)–C–C–N with tert-alkyl or cyclic N) is 1. The van der Waals surface area contributed by atoms with E-state index in [0.29, 0.717) is 13.0 Å². The van der Waals surface area contributed by atoms with Gasteiger partial charge < -0.3 is 19.5 Å². The van der Waals surface area contributed by atoms with Crippen molar-refractivity contribution in [2.45, 2.75) is 78.7 Å². The molecule has 0 spiro atoms. The number of ether oxygens (including phenoxy) is 2. The number of rotatable bonds is 1. The van der Waals surface area contributed by atoms with Crippen molar-refractivity contribution in [2.24, 2.45) is 5.92 Å². The Morgan fingerprint density at radius 3 is 1.86 bits per heavy atom. The average molecular weight is 317 g/mol. The number of aliphatic hydroxyl groups excluding tert-OH is 1. The molecule has 0 aliphatic carbocycles. The lowest BCUT2D eigenvalue weighted by atomic mass is 10.0. The summed E-state index contributed by atoms with van der Waals surface area (Å²) in [5.74, 6) is 0.109. The summed E-state index contributed by atoms with van der Waals surface area (Å²) >= 11 is 0. The molecule has 1 aliphatic heterocycles. The van der Waals surface area contributed by atoms with Gasteiger partial charge in [0.05, 0.1) is 12.6 Å². The van der Waals surface area contributed by atoms with E-state index in [0.717, 1.165) is 0 Å². The van der Waals surface area contributed by atoms with E-state index >= 15 is 0 Å². The molecule has 1 fully saturated rings. The Balaban J connectivity index is 0.000000534. The number of hydrogen-bond donors (Lipinski definition) is 1. The van der Waals surface area contributed by atoms with Gasteiger partial charge in [-0.1, -0.05) is 6.92 Å². The average Bonchev–Trinajstić information content (AvgIpc) is 2.54. The van der Waals surface area contributed by atoms with Crippen molar-refractivity contribution in [1.82, 2.24) is 4.90 Å². The lowest BCUT2D eigenvalue weighted by molar-refractivity contribution is -0.138. The van der Waals surface area contributed by atoms with Crippen LogP contribution < -0.4 is 0 Å². The third-order valence-corrected chi connectivity index (χ3v) is 3.27. The van der Waals surface area contributed by atoms with Crippen LogP contribution in [0.5, 0.6) is 0 Å². The quantitative estimate of drug-likeness (QED) is 0.752. The van der Waals surface area contributed by atoms with Crippen molar-refractivity contribution >= 4 is 12.6 Å². The molecule has 1 saturated heterocycles. The van der Waals surface area contributed by atoms with E-state index in [-0.39, 0.29) is 23.7 Å². The van der Waals surface area contributed by atoms with Crippen LogP contribution in [-0.2, 0) is 14.3 Å². The standard InChI is InChI=1S/C11H21NO3.C5H10O2/c1-7-8(2)12(6-9(7)13)10(14)15-11(3,4)5;1-5(2,3)7-4-6/h7-9,13H,6H2,1-5H3;4H,1-3H3. The molecule has 0 bridgehead atoms. The molecule has 22 heavy (non-hydrogen) atoms. The van der Waals surface area contributed by atoms with Crippen LogP contribution in [0.1, 0.15) is 55.4 Å². The molecule has 1 rings (SSSR count). The number of nitrogens with zero attached hydrogens (tertiary/aromatic N) is 1. The summed E-state index contributed by atoms with van der Waals surface area (Å²) in [4.78, 5) is 23.0.